The van der Waals surface area contributed by atoms with E-state index in [1.807, 2.05) is 0 Å². The summed E-state index contributed by atoms with van der Waals surface area (Å²) in [4.78, 5) is 34.6. The molecule has 0 heterocycles. The van der Waals surface area contributed by atoms with Gasteiger partial charge in [0.2, 0.25) is 5.91 Å². The van der Waals surface area contributed by atoms with E-state index < -0.39 is 30.7 Å². The lowest BCUT2D eigenvalue weighted by molar-refractivity contribution is -0.146. The summed E-state index contributed by atoms with van der Waals surface area (Å²) >= 11 is 0. The van der Waals surface area contributed by atoms with Crippen LogP contribution in [0.15, 0.2) is 0 Å². The molecule has 0 radical (unpaired) electrons. The molecular weight excluding hydrogens is 242 g/mol. The number of carboxylic acids is 1. The van der Waals surface area contributed by atoms with Crippen LogP contribution in [0.5, 0.6) is 0 Å². The van der Waals surface area contributed by atoms with E-state index in [4.69, 9.17) is 10.2 Å². The number of aliphatic hydroxyl groups excluding tert-OH is 1. The second-order valence-electron chi connectivity index (χ2n) is 3.78. The second-order valence-corrected chi connectivity index (χ2v) is 3.78. The Morgan fingerprint density at radius 3 is 2.33 bits per heavy atom. The first-order valence-electron chi connectivity index (χ1n) is 5.49. The summed E-state index contributed by atoms with van der Waals surface area (Å²) in [5, 5.41) is 21.8. The maximum absolute atomic E-state index is 11.6. The van der Waals surface area contributed by atoms with Crippen molar-refractivity contribution in [2.75, 3.05) is 20.1 Å². The summed E-state index contributed by atoms with van der Waals surface area (Å²) in [6.07, 6.45) is -1.67. The molecule has 104 valence electrons. The van der Waals surface area contributed by atoms with Crippen molar-refractivity contribution in [1.29, 1.82) is 0 Å². The molecule has 18 heavy (non-hydrogen) atoms. The molecule has 1 unspecified atom stereocenters. The minimum absolute atomic E-state index is 0.258. The minimum atomic E-state index is -1.67. The molecule has 0 saturated heterocycles. The van der Waals surface area contributed by atoms with Crippen LogP contribution in [-0.2, 0) is 9.59 Å². The molecule has 8 heteroatoms. The fraction of sp³-hybridized carbons (Fsp3) is 0.700. The molecule has 0 aromatic carbocycles. The van der Waals surface area contributed by atoms with Gasteiger partial charge in [-0.2, -0.15) is 0 Å². The van der Waals surface area contributed by atoms with Crippen LogP contribution in [0.1, 0.15) is 13.8 Å². The molecule has 0 aliphatic heterocycles. The topological polar surface area (TPSA) is 119 Å². The Hall–Kier alpha value is -1.83. The predicted octanol–water partition coefficient (Wildman–Crippen LogP) is -1.40. The summed E-state index contributed by atoms with van der Waals surface area (Å²) in [5.41, 5.74) is 0. The number of amides is 3. The highest BCUT2D eigenvalue weighted by Crippen LogP contribution is 1.91. The number of carbonyl (C=O) groups is 3. The smallest absolute Gasteiger partial charge is 0.334 e. The molecule has 0 aliphatic rings. The Labute approximate surface area is 105 Å². The van der Waals surface area contributed by atoms with Gasteiger partial charge in [0.15, 0.2) is 6.10 Å². The van der Waals surface area contributed by atoms with E-state index >= 15 is 0 Å². The molecule has 0 fully saturated rings. The number of urea groups is 1. The summed E-state index contributed by atoms with van der Waals surface area (Å²) in [5.74, 6) is -1.68. The van der Waals surface area contributed by atoms with Crippen molar-refractivity contribution in [3.8, 4) is 0 Å². The lowest BCUT2D eigenvalue weighted by Gasteiger charge is -2.20. The van der Waals surface area contributed by atoms with Gasteiger partial charge in [0.1, 0.15) is 6.04 Å². The van der Waals surface area contributed by atoms with Gasteiger partial charge in [-0.1, -0.05) is 0 Å². The maximum Gasteiger partial charge on any atom is 0.334 e. The van der Waals surface area contributed by atoms with Crippen LogP contribution in [0, 0.1) is 0 Å². The van der Waals surface area contributed by atoms with Crippen molar-refractivity contribution in [3.05, 3.63) is 0 Å². The molecule has 0 aliphatic carbocycles. The number of carbonyl (C=O) groups excluding carboxylic acids is 2. The Bertz CT molecular complexity index is 321. The van der Waals surface area contributed by atoms with Gasteiger partial charge < -0.3 is 25.7 Å². The average Bonchev–Trinajstić information content (AvgIpc) is 2.33. The Morgan fingerprint density at radius 1 is 1.33 bits per heavy atom. The molecule has 0 rings (SSSR count). The standard InChI is InChI=1S/C10H19N3O5/c1-4-13(3)8(15)6(2)12-10(18)11-5-7(14)9(16)17/h6-7,14H,4-5H2,1-3H3,(H,16,17)(H2,11,12,18)/t6?,7-/m0/s1. The van der Waals surface area contributed by atoms with Crippen molar-refractivity contribution in [2.24, 2.45) is 0 Å². The van der Waals surface area contributed by atoms with Gasteiger partial charge in [0.05, 0.1) is 6.54 Å². The SMILES string of the molecule is CCN(C)C(=O)C(C)NC(=O)NC[C@H](O)C(=O)O. The first-order chi connectivity index (χ1) is 8.29. The molecule has 3 amide bonds. The molecule has 0 bridgehead atoms. The fourth-order valence-corrected chi connectivity index (χ4v) is 1.07. The van der Waals surface area contributed by atoms with E-state index in [1.165, 1.54) is 11.8 Å². The average molecular weight is 261 g/mol. The largest absolute Gasteiger partial charge is 0.479 e. The molecule has 2 atom stereocenters. The van der Waals surface area contributed by atoms with E-state index in [9.17, 15) is 14.4 Å². The van der Waals surface area contributed by atoms with E-state index in [0.29, 0.717) is 6.54 Å². The highest BCUT2D eigenvalue weighted by molar-refractivity contribution is 5.86. The van der Waals surface area contributed by atoms with Crippen molar-refractivity contribution in [1.82, 2.24) is 15.5 Å². The van der Waals surface area contributed by atoms with Crippen LogP contribution in [0.4, 0.5) is 4.79 Å². The van der Waals surface area contributed by atoms with Gasteiger partial charge >= 0.3 is 12.0 Å². The number of nitrogens with zero attached hydrogens (tertiary/aromatic N) is 1. The third kappa shape index (κ3) is 5.48. The summed E-state index contributed by atoms with van der Waals surface area (Å²) in [6.45, 7) is 3.41. The van der Waals surface area contributed by atoms with Gasteiger partial charge in [-0.25, -0.2) is 9.59 Å². The number of carboxylic acid groups (broad SMARTS) is 1. The quantitative estimate of drug-likeness (QED) is 0.469. The van der Waals surface area contributed by atoms with Crippen LogP contribution in [0.2, 0.25) is 0 Å². The highest BCUT2D eigenvalue weighted by atomic mass is 16.4. The van der Waals surface area contributed by atoms with E-state index in [-0.39, 0.29) is 5.91 Å². The number of hydrogen-bond acceptors (Lipinski definition) is 4. The molecule has 0 saturated carbocycles. The zero-order chi connectivity index (χ0) is 14.3. The number of aliphatic hydroxyl groups is 1. The Kier molecular flexibility index (Phi) is 6.73. The first kappa shape index (κ1) is 16.2. The number of nitrogens with one attached hydrogen (secondary N) is 2. The Morgan fingerprint density at radius 2 is 1.89 bits per heavy atom. The zero-order valence-corrected chi connectivity index (χ0v) is 10.6. The number of likely N-dealkylation sites (N-methyl/N-ethyl adjacent to an activating group) is 1. The van der Waals surface area contributed by atoms with Crippen LogP contribution in [-0.4, -0.2) is 65.3 Å². The van der Waals surface area contributed by atoms with E-state index in [2.05, 4.69) is 10.6 Å². The van der Waals surface area contributed by atoms with Gasteiger partial charge in [0, 0.05) is 13.6 Å². The summed E-state index contributed by atoms with van der Waals surface area (Å²) in [6, 6.07) is -1.43. The van der Waals surface area contributed by atoms with Crippen LogP contribution < -0.4 is 10.6 Å². The minimum Gasteiger partial charge on any atom is -0.479 e. The summed E-state index contributed by atoms with van der Waals surface area (Å²) < 4.78 is 0. The van der Waals surface area contributed by atoms with Crippen molar-refractivity contribution < 1.29 is 24.6 Å². The van der Waals surface area contributed by atoms with Crippen LogP contribution in [0.3, 0.4) is 0 Å². The van der Waals surface area contributed by atoms with Gasteiger partial charge in [-0.3, -0.25) is 4.79 Å². The number of hydrogen-bond donors (Lipinski definition) is 4. The number of aliphatic carboxylic acids is 1. The van der Waals surface area contributed by atoms with Crippen molar-refractivity contribution in [3.63, 3.8) is 0 Å². The van der Waals surface area contributed by atoms with E-state index in [0.717, 1.165) is 0 Å². The number of rotatable bonds is 6. The van der Waals surface area contributed by atoms with Crippen LogP contribution in [0.25, 0.3) is 0 Å². The third-order valence-corrected chi connectivity index (χ3v) is 2.31. The molecule has 8 nitrogen and oxygen atoms in total. The maximum atomic E-state index is 11.6. The third-order valence-electron chi connectivity index (χ3n) is 2.31. The zero-order valence-electron chi connectivity index (χ0n) is 10.6. The molecular formula is C10H19N3O5. The highest BCUT2D eigenvalue weighted by Gasteiger charge is 2.19. The van der Waals surface area contributed by atoms with Gasteiger partial charge in [-0.15, -0.1) is 0 Å². The van der Waals surface area contributed by atoms with Gasteiger partial charge in [-0.05, 0) is 13.8 Å². The lowest BCUT2D eigenvalue weighted by atomic mass is 10.3. The second kappa shape index (κ2) is 7.49. The van der Waals surface area contributed by atoms with E-state index in [1.54, 1.807) is 14.0 Å². The first-order valence-corrected chi connectivity index (χ1v) is 5.49. The van der Waals surface area contributed by atoms with Crippen molar-refractivity contribution in [2.45, 2.75) is 26.0 Å². The molecule has 0 aromatic heterocycles. The summed E-state index contributed by atoms with van der Waals surface area (Å²) in [7, 11) is 1.60. The van der Waals surface area contributed by atoms with Crippen molar-refractivity contribution >= 4 is 17.9 Å². The lowest BCUT2D eigenvalue weighted by Crippen LogP contribution is -2.50. The fourth-order valence-electron chi connectivity index (χ4n) is 1.07. The molecule has 0 spiro atoms. The normalized spacial score (nSPS) is 13.3. The van der Waals surface area contributed by atoms with Gasteiger partial charge in [0.25, 0.3) is 0 Å². The molecule has 4 N–H and O–H groups in total. The molecule has 0 aromatic rings. The Balaban J connectivity index is 4.09. The predicted molar refractivity (Wildman–Crippen MR) is 63.0 cm³/mol. The van der Waals surface area contributed by atoms with Crippen LogP contribution >= 0.6 is 0 Å². The monoisotopic (exact) mass is 261 g/mol.